The minimum Gasteiger partial charge on any atom is -0.460 e. The summed E-state index contributed by atoms with van der Waals surface area (Å²) >= 11 is 0. The largest absolute Gasteiger partial charge is 0.460 e. The molecule has 166 valence electrons. The first kappa shape index (κ1) is 20.3. The van der Waals surface area contributed by atoms with Gasteiger partial charge in [0.05, 0.1) is 10.6 Å². The van der Waals surface area contributed by atoms with Crippen LogP contribution in [0.25, 0.3) is 17.1 Å². The van der Waals surface area contributed by atoms with Crippen molar-refractivity contribution in [3.63, 3.8) is 0 Å². The lowest BCUT2D eigenvalue weighted by Crippen LogP contribution is -2.25. The van der Waals surface area contributed by atoms with Crippen molar-refractivity contribution in [1.82, 2.24) is 15.1 Å². The van der Waals surface area contributed by atoms with Gasteiger partial charge in [0.1, 0.15) is 17.1 Å². The minimum atomic E-state index is -0.497. The van der Waals surface area contributed by atoms with Gasteiger partial charge < -0.3 is 19.2 Å². The van der Waals surface area contributed by atoms with Crippen LogP contribution >= 0.6 is 0 Å². The highest BCUT2D eigenvalue weighted by molar-refractivity contribution is 5.94. The normalized spacial score (nSPS) is 12.0. The Morgan fingerprint density at radius 2 is 1.97 bits per heavy atom. The van der Waals surface area contributed by atoms with Crippen LogP contribution in [0.1, 0.15) is 21.8 Å². The fraction of sp³-hybridized carbons (Fsp3) is 0.130. The zero-order chi connectivity index (χ0) is 22.9. The topological polar surface area (TPSA) is 122 Å². The van der Waals surface area contributed by atoms with Gasteiger partial charge in [-0.1, -0.05) is 12.1 Å². The molecule has 4 aromatic rings. The van der Waals surface area contributed by atoms with Crippen molar-refractivity contribution in [3.05, 3.63) is 87.8 Å². The molecule has 33 heavy (non-hydrogen) atoms. The van der Waals surface area contributed by atoms with Gasteiger partial charge in [-0.15, -0.1) is 0 Å². The van der Waals surface area contributed by atoms with Gasteiger partial charge in [-0.25, -0.2) is 4.68 Å². The van der Waals surface area contributed by atoms with Crippen molar-refractivity contribution in [3.8, 4) is 28.6 Å². The molecule has 2 aromatic heterocycles. The maximum absolute atomic E-state index is 13.1. The molecule has 0 unspecified atom stereocenters. The molecule has 0 fully saturated rings. The molecule has 0 aliphatic carbocycles. The van der Waals surface area contributed by atoms with E-state index in [-0.39, 0.29) is 24.7 Å². The standard InChI is InChI=1S/C23H18N4O6/c1-14-5-7-20(33-14)18-11-19(26(25-18)16-3-2-4-17(10-16)27(29)30)23(28)24-12-15-6-8-21-22(9-15)32-13-31-21/h2-11H,12-13H2,1H3,(H,24,28). The van der Waals surface area contributed by atoms with E-state index >= 15 is 0 Å². The summed E-state index contributed by atoms with van der Waals surface area (Å²) in [6.45, 7) is 2.22. The van der Waals surface area contributed by atoms with Gasteiger partial charge in [0.2, 0.25) is 6.79 Å². The van der Waals surface area contributed by atoms with E-state index < -0.39 is 10.8 Å². The molecule has 10 heteroatoms. The van der Waals surface area contributed by atoms with Crippen molar-refractivity contribution in [2.24, 2.45) is 0 Å². The van der Waals surface area contributed by atoms with Crippen LogP contribution in [0.2, 0.25) is 0 Å². The summed E-state index contributed by atoms with van der Waals surface area (Å²) < 4.78 is 17.7. The van der Waals surface area contributed by atoms with Gasteiger partial charge in [0.25, 0.3) is 11.6 Å². The maximum Gasteiger partial charge on any atom is 0.271 e. The van der Waals surface area contributed by atoms with Gasteiger partial charge in [-0.05, 0) is 42.8 Å². The van der Waals surface area contributed by atoms with E-state index in [1.165, 1.54) is 16.8 Å². The number of hydrogen-bond donors (Lipinski definition) is 1. The monoisotopic (exact) mass is 446 g/mol. The highest BCUT2D eigenvalue weighted by atomic mass is 16.7. The first-order chi connectivity index (χ1) is 16.0. The van der Waals surface area contributed by atoms with Crippen LogP contribution in [0.4, 0.5) is 5.69 Å². The average Bonchev–Trinajstić information content (AvgIpc) is 3.56. The van der Waals surface area contributed by atoms with Gasteiger partial charge >= 0.3 is 0 Å². The van der Waals surface area contributed by atoms with E-state index in [0.717, 1.165) is 5.56 Å². The highest BCUT2D eigenvalue weighted by Crippen LogP contribution is 2.32. The molecule has 10 nitrogen and oxygen atoms in total. The first-order valence-corrected chi connectivity index (χ1v) is 10.1. The highest BCUT2D eigenvalue weighted by Gasteiger charge is 2.21. The van der Waals surface area contributed by atoms with Gasteiger partial charge in [-0.2, -0.15) is 5.10 Å². The summed E-state index contributed by atoms with van der Waals surface area (Å²) in [5.41, 5.74) is 1.75. The maximum atomic E-state index is 13.1. The van der Waals surface area contributed by atoms with Crippen molar-refractivity contribution in [2.75, 3.05) is 6.79 Å². The second kappa shape index (κ2) is 8.15. The van der Waals surface area contributed by atoms with E-state index in [1.54, 1.807) is 49.4 Å². The number of nitrogens with one attached hydrogen (secondary N) is 1. The van der Waals surface area contributed by atoms with E-state index in [9.17, 15) is 14.9 Å². The third kappa shape index (κ3) is 4.01. The molecule has 2 aromatic carbocycles. The molecular formula is C23H18N4O6. The van der Waals surface area contributed by atoms with Crippen LogP contribution < -0.4 is 14.8 Å². The SMILES string of the molecule is Cc1ccc(-c2cc(C(=O)NCc3ccc4c(c3)OCO4)n(-c3cccc([N+](=O)[O-])c3)n2)o1. The number of hydrogen-bond acceptors (Lipinski definition) is 7. The molecule has 0 bridgehead atoms. The summed E-state index contributed by atoms with van der Waals surface area (Å²) in [5, 5.41) is 18.6. The molecule has 0 saturated carbocycles. The van der Waals surface area contributed by atoms with E-state index in [1.807, 2.05) is 6.07 Å². The van der Waals surface area contributed by atoms with Crippen LogP contribution in [-0.2, 0) is 6.54 Å². The van der Waals surface area contributed by atoms with Crippen molar-refractivity contribution < 1.29 is 23.6 Å². The zero-order valence-corrected chi connectivity index (χ0v) is 17.5. The molecule has 5 rings (SSSR count). The number of nitro benzene ring substituents is 1. The Morgan fingerprint density at radius 1 is 1.12 bits per heavy atom. The molecule has 0 atom stereocenters. The fourth-order valence-electron chi connectivity index (χ4n) is 3.49. The molecular weight excluding hydrogens is 428 g/mol. The summed E-state index contributed by atoms with van der Waals surface area (Å²) in [7, 11) is 0. The number of nitro groups is 1. The van der Waals surface area contributed by atoms with Gasteiger partial charge in [-0.3, -0.25) is 14.9 Å². The quantitative estimate of drug-likeness (QED) is 0.351. The van der Waals surface area contributed by atoms with Gasteiger partial charge in [0, 0.05) is 24.7 Å². The van der Waals surface area contributed by atoms with Crippen molar-refractivity contribution >= 4 is 11.6 Å². The summed E-state index contributed by atoms with van der Waals surface area (Å²) in [6, 6.07) is 16.5. The number of non-ortho nitro benzene ring substituents is 1. The third-order valence-electron chi connectivity index (χ3n) is 5.11. The van der Waals surface area contributed by atoms with E-state index in [4.69, 9.17) is 13.9 Å². The number of amides is 1. The van der Waals surface area contributed by atoms with Crippen molar-refractivity contribution in [1.29, 1.82) is 0 Å². The molecule has 0 saturated heterocycles. The number of benzene rings is 2. The van der Waals surface area contributed by atoms with Crippen molar-refractivity contribution in [2.45, 2.75) is 13.5 Å². The predicted octanol–water partition coefficient (Wildman–Crippen LogP) is 4.01. The second-order valence-corrected chi connectivity index (χ2v) is 7.38. The van der Waals surface area contributed by atoms with Crippen LogP contribution in [-0.4, -0.2) is 27.4 Å². The number of furan rings is 1. The smallest absolute Gasteiger partial charge is 0.271 e. The van der Waals surface area contributed by atoms with Gasteiger partial charge in [0.15, 0.2) is 17.3 Å². The van der Waals surface area contributed by atoms with E-state index in [2.05, 4.69) is 10.4 Å². The molecule has 1 amide bonds. The Kier molecular flexibility index (Phi) is 5.02. The molecule has 1 N–H and O–H groups in total. The number of aromatic nitrogens is 2. The number of carbonyl (C=O) groups is 1. The number of aryl methyl sites for hydroxylation is 1. The minimum absolute atomic E-state index is 0.106. The van der Waals surface area contributed by atoms with Crippen LogP contribution in [0.3, 0.4) is 0 Å². The Labute approximate surface area is 187 Å². The van der Waals surface area contributed by atoms with Crippen LogP contribution in [0.5, 0.6) is 11.5 Å². The summed E-state index contributed by atoms with van der Waals surface area (Å²) in [6.07, 6.45) is 0. The fourth-order valence-corrected chi connectivity index (χ4v) is 3.49. The molecule has 0 radical (unpaired) electrons. The average molecular weight is 446 g/mol. The lowest BCUT2D eigenvalue weighted by molar-refractivity contribution is -0.384. The lowest BCUT2D eigenvalue weighted by Gasteiger charge is -2.09. The Bertz CT molecular complexity index is 1370. The lowest BCUT2D eigenvalue weighted by atomic mass is 10.2. The number of rotatable bonds is 6. The zero-order valence-electron chi connectivity index (χ0n) is 17.5. The first-order valence-electron chi connectivity index (χ1n) is 10.1. The molecule has 1 aliphatic rings. The number of nitrogens with zero attached hydrogens (tertiary/aromatic N) is 3. The molecule has 0 spiro atoms. The number of carbonyl (C=O) groups excluding carboxylic acids is 1. The Hall–Kier alpha value is -4.60. The third-order valence-corrected chi connectivity index (χ3v) is 5.11. The molecule has 1 aliphatic heterocycles. The Morgan fingerprint density at radius 3 is 2.76 bits per heavy atom. The second-order valence-electron chi connectivity index (χ2n) is 7.38. The van der Waals surface area contributed by atoms with E-state index in [0.29, 0.717) is 34.4 Å². The number of ether oxygens (including phenoxy) is 2. The summed E-state index contributed by atoms with van der Waals surface area (Å²) in [4.78, 5) is 23.9. The number of fused-ring (bicyclic) bond motifs is 1. The molecule has 3 heterocycles. The summed E-state index contributed by atoms with van der Waals surface area (Å²) in [5.74, 6) is 2.07. The predicted molar refractivity (Wildman–Crippen MR) is 116 cm³/mol. The Balaban J connectivity index is 1.47. The van der Waals surface area contributed by atoms with Crippen LogP contribution in [0.15, 0.2) is 65.1 Å². The van der Waals surface area contributed by atoms with Crippen LogP contribution in [0, 0.1) is 17.0 Å².